The number of halogens is 1. The molecule has 1 saturated carbocycles. The van der Waals surface area contributed by atoms with E-state index in [1.807, 2.05) is 13.0 Å². The average Bonchev–Trinajstić information content (AvgIpc) is 3.07. The number of benzene rings is 1. The molecule has 0 saturated heterocycles. The molecule has 3 rings (SSSR count). The van der Waals surface area contributed by atoms with Crippen LogP contribution in [0.1, 0.15) is 19.8 Å². The van der Waals surface area contributed by atoms with Crippen LogP contribution in [0.4, 0.5) is 0 Å². The number of aromatic amines is 1. The Morgan fingerprint density at radius 2 is 2.05 bits per heavy atom. The van der Waals surface area contributed by atoms with Crippen LogP contribution in [0.3, 0.4) is 0 Å². The molecule has 2 aromatic rings. The molecular formula is C14H13BrN2O3. The van der Waals surface area contributed by atoms with E-state index in [1.165, 1.54) is 4.57 Å². The van der Waals surface area contributed by atoms with Gasteiger partial charge in [0.05, 0.1) is 0 Å². The minimum absolute atomic E-state index is 0.124. The zero-order valence-corrected chi connectivity index (χ0v) is 12.4. The predicted molar refractivity (Wildman–Crippen MR) is 79.0 cm³/mol. The summed E-state index contributed by atoms with van der Waals surface area (Å²) in [6.07, 6.45) is 1.62. The van der Waals surface area contributed by atoms with E-state index in [4.69, 9.17) is 0 Å². The summed E-state index contributed by atoms with van der Waals surface area (Å²) >= 11 is 3.33. The van der Waals surface area contributed by atoms with E-state index in [2.05, 4.69) is 20.9 Å². The van der Waals surface area contributed by atoms with Crippen LogP contribution < -0.4 is 11.2 Å². The van der Waals surface area contributed by atoms with E-state index in [0.29, 0.717) is 5.56 Å². The molecule has 2 N–H and O–H groups in total. The number of aromatic hydroxyl groups is 1. The van der Waals surface area contributed by atoms with Gasteiger partial charge in [-0.3, -0.25) is 14.3 Å². The maximum Gasteiger partial charge on any atom is 0.331 e. The first-order valence-corrected chi connectivity index (χ1v) is 7.06. The Labute approximate surface area is 123 Å². The summed E-state index contributed by atoms with van der Waals surface area (Å²) in [6.45, 7) is 1.89. The van der Waals surface area contributed by atoms with Crippen LogP contribution in [0.15, 0.2) is 38.3 Å². The molecule has 0 unspecified atom stereocenters. The van der Waals surface area contributed by atoms with Crippen LogP contribution in [0, 0.1) is 0 Å². The van der Waals surface area contributed by atoms with Crippen molar-refractivity contribution >= 4 is 15.9 Å². The van der Waals surface area contributed by atoms with Gasteiger partial charge >= 0.3 is 5.69 Å². The van der Waals surface area contributed by atoms with Gasteiger partial charge in [-0.15, -0.1) is 0 Å². The third kappa shape index (κ3) is 2.00. The summed E-state index contributed by atoms with van der Waals surface area (Å²) in [5.74, 6) is -0.267. The van der Waals surface area contributed by atoms with Crippen molar-refractivity contribution in [3.63, 3.8) is 0 Å². The highest BCUT2D eigenvalue weighted by molar-refractivity contribution is 9.10. The van der Waals surface area contributed by atoms with Crippen molar-refractivity contribution in [2.45, 2.75) is 25.3 Å². The lowest BCUT2D eigenvalue weighted by Crippen LogP contribution is -2.35. The number of H-pyrrole nitrogens is 1. The summed E-state index contributed by atoms with van der Waals surface area (Å²) in [7, 11) is 0. The second-order valence-electron chi connectivity index (χ2n) is 5.30. The number of aromatic nitrogens is 2. The topological polar surface area (TPSA) is 75.1 Å². The Morgan fingerprint density at radius 3 is 2.65 bits per heavy atom. The van der Waals surface area contributed by atoms with E-state index < -0.39 is 16.8 Å². The largest absolute Gasteiger partial charge is 0.494 e. The summed E-state index contributed by atoms with van der Waals surface area (Å²) in [4.78, 5) is 26.3. The first kappa shape index (κ1) is 13.2. The highest BCUT2D eigenvalue weighted by Crippen LogP contribution is 2.44. The molecule has 0 amide bonds. The van der Waals surface area contributed by atoms with Gasteiger partial charge < -0.3 is 5.11 Å². The standard InChI is InChI=1S/C14H13BrN2O3/c1-14(5-6-14)17-12(19)10(11(18)16-13(17)20)8-3-2-4-9(15)7-8/h2-4,7,19H,5-6H2,1H3,(H,16,18,20). The Morgan fingerprint density at radius 1 is 1.35 bits per heavy atom. The number of hydrogen-bond acceptors (Lipinski definition) is 3. The second kappa shape index (κ2) is 4.34. The van der Waals surface area contributed by atoms with Crippen LogP contribution in [0.25, 0.3) is 11.1 Å². The molecule has 104 valence electrons. The van der Waals surface area contributed by atoms with Crippen molar-refractivity contribution < 1.29 is 5.11 Å². The van der Waals surface area contributed by atoms with Gasteiger partial charge in [0.2, 0.25) is 5.88 Å². The fourth-order valence-electron chi connectivity index (χ4n) is 2.33. The van der Waals surface area contributed by atoms with Crippen molar-refractivity contribution in [3.05, 3.63) is 49.6 Å². The molecule has 1 aromatic carbocycles. The van der Waals surface area contributed by atoms with Gasteiger partial charge in [0.25, 0.3) is 5.56 Å². The van der Waals surface area contributed by atoms with E-state index in [-0.39, 0.29) is 11.4 Å². The van der Waals surface area contributed by atoms with Gasteiger partial charge in [-0.05, 0) is 37.5 Å². The third-order valence-electron chi connectivity index (χ3n) is 3.71. The molecule has 0 atom stereocenters. The minimum Gasteiger partial charge on any atom is -0.494 e. The molecule has 0 bridgehead atoms. The van der Waals surface area contributed by atoms with Gasteiger partial charge in [-0.1, -0.05) is 28.1 Å². The van der Waals surface area contributed by atoms with Crippen molar-refractivity contribution in [1.82, 2.24) is 9.55 Å². The summed E-state index contributed by atoms with van der Waals surface area (Å²) in [5, 5.41) is 10.4. The van der Waals surface area contributed by atoms with Crippen LogP contribution >= 0.6 is 15.9 Å². The number of nitrogens with zero attached hydrogens (tertiary/aromatic N) is 1. The van der Waals surface area contributed by atoms with E-state index in [9.17, 15) is 14.7 Å². The lowest BCUT2D eigenvalue weighted by Gasteiger charge is -2.16. The van der Waals surface area contributed by atoms with Crippen LogP contribution in [0.5, 0.6) is 5.88 Å². The molecular weight excluding hydrogens is 324 g/mol. The molecule has 0 radical (unpaired) electrons. The normalized spacial score (nSPS) is 16.1. The Balaban J connectivity index is 2.32. The van der Waals surface area contributed by atoms with Crippen molar-refractivity contribution in [1.29, 1.82) is 0 Å². The molecule has 6 heteroatoms. The van der Waals surface area contributed by atoms with E-state index in [0.717, 1.165) is 17.3 Å². The summed E-state index contributed by atoms with van der Waals surface area (Å²) < 4.78 is 2.08. The summed E-state index contributed by atoms with van der Waals surface area (Å²) in [5.41, 5.74) is -0.848. The van der Waals surface area contributed by atoms with Gasteiger partial charge in [0.15, 0.2) is 0 Å². The Hall–Kier alpha value is -1.82. The maximum absolute atomic E-state index is 12.0. The zero-order chi connectivity index (χ0) is 14.5. The van der Waals surface area contributed by atoms with E-state index >= 15 is 0 Å². The second-order valence-corrected chi connectivity index (χ2v) is 6.22. The first-order valence-electron chi connectivity index (χ1n) is 6.27. The lowest BCUT2D eigenvalue weighted by molar-refractivity contribution is 0.364. The molecule has 0 spiro atoms. The molecule has 1 aromatic heterocycles. The molecule has 1 aliphatic carbocycles. The van der Waals surface area contributed by atoms with Gasteiger partial charge in [-0.25, -0.2) is 4.79 Å². The SMILES string of the molecule is CC1(n2c(O)c(-c3cccc(Br)c3)c(=O)[nH]c2=O)CC1. The van der Waals surface area contributed by atoms with Gasteiger partial charge in [0, 0.05) is 10.0 Å². The highest BCUT2D eigenvalue weighted by atomic mass is 79.9. The smallest absolute Gasteiger partial charge is 0.331 e. The third-order valence-corrected chi connectivity index (χ3v) is 4.21. The van der Waals surface area contributed by atoms with Crippen LogP contribution in [-0.2, 0) is 5.54 Å². The highest BCUT2D eigenvalue weighted by Gasteiger charge is 2.42. The van der Waals surface area contributed by atoms with Gasteiger partial charge in [0.1, 0.15) is 5.56 Å². The van der Waals surface area contributed by atoms with Crippen molar-refractivity contribution in [2.24, 2.45) is 0 Å². The Kier molecular flexibility index (Phi) is 2.86. The lowest BCUT2D eigenvalue weighted by atomic mass is 10.1. The molecule has 5 nitrogen and oxygen atoms in total. The monoisotopic (exact) mass is 336 g/mol. The molecule has 0 aliphatic heterocycles. The van der Waals surface area contributed by atoms with E-state index in [1.54, 1.807) is 18.2 Å². The van der Waals surface area contributed by atoms with Crippen LogP contribution in [0.2, 0.25) is 0 Å². The Bertz CT molecular complexity index is 803. The molecule has 1 aliphatic rings. The average molecular weight is 337 g/mol. The fraction of sp³-hybridized carbons (Fsp3) is 0.286. The van der Waals surface area contributed by atoms with Crippen molar-refractivity contribution in [2.75, 3.05) is 0 Å². The number of nitrogens with one attached hydrogen (secondary N) is 1. The maximum atomic E-state index is 12.0. The zero-order valence-electron chi connectivity index (χ0n) is 10.8. The molecule has 20 heavy (non-hydrogen) atoms. The quantitative estimate of drug-likeness (QED) is 0.882. The molecule has 1 fully saturated rings. The predicted octanol–water partition coefficient (Wildman–Crippen LogP) is 2.18. The summed E-state index contributed by atoms with van der Waals surface area (Å²) in [6, 6.07) is 7.05. The number of rotatable bonds is 2. The van der Waals surface area contributed by atoms with Gasteiger partial charge in [-0.2, -0.15) is 0 Å². The van der Waals surface area contributed by atoms with Crippen LogP contribution in [-0.4, -0.2) is 14.7 Å². The first-order chi connectivity index (χ1) is 9.42. The fourth-order valence-corrected chi connectivity index (χ4v) is 2.73. The van der Waals surface area contributed by atoms with Crippen molar-refractivity contribution in [3.8, 4) is 17.0 Å². The molecule has 1 heterocycles. The number of hydrogen-bond donors (Lipinski definition) is 2. The minimum atomic E-state index is -0.578.